The van der Waals surface area contributed by atoms with Crippen LogP contribution in [0.2, 0.25) is 0 Å². The molecule has 1 fully saturated rings. The number of aromatic carboxylic acids is 1. The normalized spacial score (nSPS) is 15.9. The molecule has 152 valence electrons. The van der Waals surface area contributed by atoms with Crippen molar-refractivity contribution < 1.29 is 29.0 Å². The van der Waals surface area contributed by atoms with Gasteiger partial charge in [0, 0.05) is 19.5 Å². The third kappa shape index (κ3) is 4.31. The standard InChI is InChI=1S/C21H22N2O6/c1-28-17-8-7-13(9-15(17)21(26)27)11-22-20(25)14-10-19(24)23(12-14)16-5-3-4-6-18(16)29-2/h3-9,14H,10-12H2,1-2H3,(H,22,25)(H,26,27)/t14-/m0/s1. The highest BCUT2D eigenvalue weighted by Crippen LogP contribution is 2.32. The number of nitrogens with zero attached hydrogens (tertiary/aromatic N) is 1. The van der Waals surface area contributed by atoms with E-state index in [1.807, 2.05) is 12.1 Å². The molecular formula is C21H22N2O6. The molecule has 3 rings (SSSR count). The number of carbonyl (C=O) groups excluding carboxylic acids is 2. The molecule has 2 N–H and O–H groups in total. The van der Waals surface area contributed by atoms with Crippen LogP contribution in [-0.4, -0.2) is 43.7 Å². The Balaban J connectivity index is 1.66. The van der Waals surface area contributed by atoms with Crippen molar-refractivity contribution in [1.29, 1.82) is 0 Å². The van der Waals surface area contributed by atoms with E-state index in [0.29, 0.717) is 17.0 Å². The highest BCUT2D eigenvalue weighted by molar-refractivity contribution is 6.01. The molecule has 0 saturated carbocycles. The third-order valence-electron chi connectivity index (χ3n) is 4.83. The molecule has 29 heavy (non-hydrogen) atoms. The number of amides is 2. The summed E-state index contributed by atoms with van der Waals surface area (Å²) in [6.07, 6.45) is 0.104. The van der Waals surface area contributed by atoms with Crippen LogP contribution in [0.25, 0.3) is 0 Å². The molecule has 1 aliphatic heterocycles. The number of anilines is 1. The van der Waals surface area contributed by atoms with Crippen LogP contribution in [0.3, 0.4) is 0 Å². The minimum absolute atomic E-state index is 0.0256. The number of ether oxygens (including phenoxy) is 2. The van der Waals surface area contributed by atoms with Gasteiger partial charge in [0.25, 0.3) is 0 Å². The molecule has 0 unspecified atom stereocenters. The number of rotatable bonds is 7. The van der Waals surface area contributed by atoms with Gasteiger partial charge in [-0.2, -0.15) is 0 Å². The summed E-state index contributed by atoms with van der Waals surface area (Å²) in [6.45, 7) is 0.413. The number of benzene rings is 2. The second-order valence-corrected chi connectivity index (χ2v) is 6.63. The number of methoxy groups -OCH3 is 2. The molecule has 1 aliphatic rings. The number of carbonyl (C=O) groups is 3. The van der Waals surface area contributed by atoms with Crippen LogP contribution in [0.5, 0.6) is 11.5 Å². The molecule has 2 aromatic carbocycles. The number of para-hydroxylation sites is 2. The van der Waals surface area contributed by atoms with E-state index in [1.54, 1.807) is 29.2 Å². The number of carboxylic acids is 1. The summed E-state index contributed by atoms with van der Waals surface area (Å²) in [4.78, 5) is 37.9. The van der Waals surface area contributed by atoms with Gasteiger partial charge in [0.05, 0.1) is 25.8 Å². The van der Waals surface area contributed by atoms with E-state index in [0.717, 1.165) is 0 Å². The summed E-state index contributed by atoms with van der Waals surface area (Å²) >= 11 is 0. The van der Waals surface area contributed by atoms with Crippen molar-refractivity contribution in [2.45, 2.75) is 13.0 Å². The molecule has 1 saturated heterocycles. The van der Waals surface area contributed by atoms with Crippen LogP contribution in [-0.2, 0) is 16.1 Å². The number of hydrogen-bond donors (Lipinski definition) is 2. The fourth-order valence-corrected chi connectivity index (χ4v) is 3.33. The molecule has 2 aromatic rings. The van der Waals surface area contributed by atoms with E-state index >= 15 is 0 Å². The molecular weight excluding hydrogens is 376 g/mol. The Morgan fingerprint density at radius 3 is 2.55 bits per heavy atom. The van der Waals surface area contributed by atoms with E-state index in [4.69, 9.17) is 9.47 Å². The lowest BCUT2D eigenvalue weighted by Crippen LogP contribution is -2.32. The van der Waals surface area contributed by atoms with Crippen LogP contribution in [0, 0.1) is 5.92 Å². The van der Waals surface area contributed by atoms with E-state index in [2.05, 4.69) is 5.32 Å². The Bertz CT molecular complexity index is 943. The molecule has 1 heterocycles. The smallest absolute Gasteiger partial charge is 0.339 e. The van der Waals surface area contributed by atoms with E-state index in [1.165, 1.54) is 20.3 Å². The maximum absolute atomic E-state index is 12.6. The molecule has 0 aromatic heterocycles. The molecule has 0 aliphatic carbocycles. The summed E-state index contributed by atoms with van der Waals surface area (Å²) < 4.78 is 10.3. The lowest BCUT2D eigenvalue weighted by molar-refractivity contribution is -0.126. The van der Waals surface area contributed by atoms with Gasteiger partial charge in [0.1, 0.15) is 17.1 Å². The molecule has 2 amide bonds. The monoisotopic (exact) mass is 398 g/mol. The largest absolute Gasteiger partial charge is 0.496 e. The van der Waals surface area contributed by atoms with Crippen molar-refractivity contribution in [3.63, 3.8) is 0 Å². The first-order chi connectivity index (χ1) is 13.9. The van der Waals surface area contributed by atoms with Gasteiger partial charge in [-0.25, -0.2) is 4.79 Å². The third-order valence-corrected chi connectivity index (χ3v) is 4.83. The van der Waals surface area contributed by atoms with Crippen LogP contribution < -0.4 is 19.7 Å². The first-order valence-electron chi connectivity index (χ1n) is 9.06. The predicted octanol–water partition coefficient (Wildman–Crippen LogP) is 2.07. The minimum Gasteiger partial charge on any atom is -0.496 e. The van der Waals surface area contributed by atoms with E-state index in [-0.39, 0.29) is 42.6 Å². The summed E-state index contributed by atoms with van der Waals surface area (Å²) in [6, 6.07) is 11.9. The number of hydrogen-bond acceptors (Lipinski definition) is 5. The number of nitrogens with one attached hydrogen (secondary N) is 1. The van der Waals surface area contributed by atoms with Gasteiger partial charge in [-0.05, 0) is 29.8 Å². The molecule has 8 heteroatoms. The maximum atomic E-state index is 12.6. The summed E-state index contributed by atoms with van der Waals surface area (Å²) in [5.41, 5.74) is 1.29. The summed E-state index contributed by atoms with van der Waals surface area (Å²) in [7, 11) is 2.93. The lowest BCUT2D eigenvalue weighted by atomic mass is 10.1. The topological polar surface area (TPSA) is 105 Å². The van der Waals surface area contributed by atoms with Gasteiger partial charge in [0.15, 0.2) is 0 Å². The second kappa shape index (κ2) is 8.64. The zero-order valence-electron chi connectivity index (χ0n) is 16.2. The fourth-order valence-electron chi connectivity index (χ4n) is 3.33. The molecule has 0 bridgehead atoms. The lowest BCUT2D eigenvalue weighted by Gasteiger charge is -2.19. The van der Waals surface area contributed by atoms with Crippen molar-refractivity contribution in [3.05, 3.63) is 53.6 Å². The zero-order valence-corrected chi connectivity index (χ0v) is 16.2. The molecule has 1 atom stereocenters. The summed E-state index contributed by atoms with van der Waals surface area (Å²) in [5.74, 6) is -1.19. The van der Waals surface area contributed by atoms with Crippen LogP contribution in [0.1, 0.15) is 22.3 Å². The van der Waals surface area contributed by atoms with Gasteiger partial charge in [0.2, 0.25) is 11.8 Å². The Kier molecular flexibility index (Phi) is 6.01. The average molecular weight is 398 g/mol. The van der Waals surface area contributed by atoms with Crippen LogP contribution in [0.15, 0.2) is 42.5 Å². The average Bonchev–Trinajstić information content (AvgIpc) is 3.13. The molecule has 0 radical (unpaired) electrons. The van der Waals surface area contributed by atoms with Crippen molar-refractivity contribution in [1.82, 2.24) is 5.32 Å². The van der Waals surface area contributed by atoms with Gasteiger partial charge in [-0.15, -0.1) is 0 Å². The van der Waals surface area contributed by atoms with Gasteiger partial charge >= 0.3 is 5.97 Å². The van der Waals surface area contributed by atoms with Crippen LogP contribution >= 0.6 is 0 Å². The zero-order chi connectivity index (χ0) is 21.0. The fraction of sp³-hybridized carbons (Fsp3) is 0.286. The van der Waals surface area contributed by atoms with Crippen LogP contribution in [0.4, 0.5) is 5.69 Å². The first-order valence-corrected chi connectivity index (χ1v) is 9.06. The van der Waals surface area contributed by atoms with E-state index in [9.17, 15) is 19.5 Å². The highest BCUT2D eigenvalue weighted by atomic mass is 16.5. The predicted molar refractivity (Wildman–Crippen MR) is 105 cm³/mol. The van der Waals surface area contributed by atoms with E-state index < -0.39 is 11.9 Å². The van der Waals surface area contributed by atoms with Crippen molar-refractivity contribution in [3.8, 4) is 11.5 Å². The highest BCUT2D eigenvalue weighted by Gasteiger charge is 2.36. The Morgan fingerprint density at radius 2 is 1.86 bits per heavy atom. The quantitative estimate of drug-likeness (QED) is 0.740. The Labute approximate surface area is 168 Å². The second-order valence-electron chi connectivity index (χ2n) is 6.63. The Hall–Kier alpha value is -3.55. The molecule has 0 spiro atoms. The van der Waals surface area contributed by atoms with Gasteiger partial charge in [-0.3, -0.25) is 9.59 Å². The van der Waals surface area contributed by atoms with Gasteiger partial charge in [-0.1, -0.05) is 18.2 Å². The maximum Gasteiger partial charge on any atom is 0.339 e. The number of carboxylic acid groups (broad SMARTS) is 1. The van der Waals surface area contributed by atoms with Crippen molar-refractivity contribution in [2.75, 3.05) is 25.7 Å². The SMILES string of the molecule is COc1ccc(CNC(=O)[C@H]2CC(=O)N(c3ccccc3OC)C2)cc1C(=O)O. The van der Waals surface area contributed by atoms with Crippen molar-refractivity contribution in [2.24, 2.45) is 5.92 Å². The van der Waals surface area contributed by atoms with Crippen molar-refractivity contribution >= 4 is 23.5 Å². The molecule has 8 nitrogen and oxygen atoms in total. The minimum atomic E-state index is -1.11. The van der Waals surface area contributed by atoms with Gasteiger partial charge < -0.3 is 24.8 Å². The first kappa shape index (κ1) is 20.2. The Morgan fingerprint density at radius 1 is 1.14 bits per heavy atom. The summed E-state index contributed by atoms with van der Waals surface area (Å²) in [5, 5.41) is 12.0.